The van der Waals surface area contributed by atoms with Crippen LogP contribution in [0.3, 0.4) is 0 Å². The molecular formula is C13H21N3O4. The molecule has 7 nitrogen and oxygen atoms in total. The summed E-state index contributed by atoms with van der Waals surface area (Å²) in [6, 6.07) is -0.0650. The quantitative estimate of drug-likeness (QED) is 0.553. The zero-order chi connectivity index (χ0) is 14.5. The van der Waals surface area contributed by atoms with Crippen molar-refractivity contribution in [2.24, 2.45) is 5.92 Å². The van der Waals surface area contributed by atoms with Gasteiger partial charge in [0, 0.05) is 31.6 Å². The predicted octanol–water partition coefficient (Wildman–Crippen LogP) is 0.161. The van der Waals surface area contributed by atoms with Crippen molar-refractivity contribution in [1.82, 2.24) is 15.5 Å². The Morgan fingerprint density at radius 1 is 1.05 bits per heavy atom. The van der Waals surface area contributed by atoms with Crippen molar-refractivity contribution >= 4 is 17.9 Å². The molecule has 0 atom stereocenters. The van der Waals surface area contributed by atoms with Gasteiger partial charge in [0.05, 0.1) is 6.42 Å². The van der Waals surface area contributed by atoms with Crippen LogP contribution in [0.15, 0.2) is 0 Å². The van der Waals surface area contributed by atoms with Crippen LogP contribution in [-0.2, 0) is 9.59 Å². The molecule has 0 bridgehead atoms. The normalized spacial score (nSPS) is 17.4. The second-order valence-corrected chi connectivity index (χ2v) is 5.37. The van der Waals surface area contributed by atoms with E-state index < -0.39 is 5.97 Å². The average molecular weight is 283 g/mol. The van der Waals surface area contributed by atoms with Crippen molar-refractivity contribution in [3.63, 3.8) is 0 Å². The highest BCUT2D eigenvalue weighted by Gasteiger charge is 2.32. The molecule has 7 heteroatoms. The second kappa shape index (κ2) is 6.58. The summed E-state index contributed by atoms with van der Waals surface area (Å²) in [4.78, 5) is 35.5. The molecule has 20 heavy (non-hydrogen) atoms. The van der Waals surface area contributed by atoms with E-state index in [1.165, 1.54) is 0 Å². The highest BCUT2D eigenvalue weighted by molar-refractivity contribution is 5.81. The third-order valence-electron chi connectivity index (χ3n) is 3.46. The number of aliphatic carboxylic acids is 1. The number of hydrogen-bond acceptors (Lipinski definition) is 3. The van der Waals surface area contributed by atoms with Gasteiger partial charge in [0.25, 0.3) is 0 Å². The maximum atomic E-state index is 11.9. The number of carbonyl (C=O) groups excluding carboxylic acids is 2. The summed E-state index contributed by atoms with van der Waals surface area (Å²) < 4.78 is 0. The van der Waals surface area contributed by atoms with E-state index in [-0.39, 0.29) is 36.9 Å². The first-order chi connectivity index (χ1) is 9.58. The Kier molecular flexibility index (Phi) is 4.81. The first-order valence-electron chi connectivity index (χ1n) is 7.12. The Morgan fingerprint density at radius 2 is 1.70 bits per heavy atom. The van der Waals surface area contributed by atoms with E-state index in [0.29, 0.717) is 13.1 Å². The van der Waals surface area contributed by atoms with E-state index in [9.17, 15) is 14.4 Å². The van der Waals surface area contributed by atoms with Crippen molar-refractivity contribution in [3.05, 3.63) is 0 Å². The highest BCUT2D eigenvalue weighted by atomic mass is 16.4. The van der Waals surface area contributed by atoms with E-state index in [2.05, 4.69) is 10.6 Å². The van der Waals surface area contributed by atoms with Crippen LogP contribution in [0.1, 0.15) is 32.1 Å². The molecule has 3 amide bonds. The van der Waals surface area contributed by atoms with Gasteiger partial charge in [-0.3, -0.25) is 9.59 Å². The second-order valence-electron chi connectivity index (χ2n) is 5.37. The first-order valence-corrected chi connectivity index (χ1v) is 7.12. The van der Waals surface area contributed by atoms with E-state index >= 15 is 0 Å². The summed E-state index contributed by atoms with van der Waals surface area (Å²) >= 11 is 0. The van der Waals surface area contributed by atoms with Gasteiger partial charge in [-0.1, -0.05) is 0 Å². The summed E-state index contributed by atoms with van der Waals surface area (Å²) in [6.45, 7) is 1.02. The van der Waals surface area contributed by atoms with Crippen LogP contribution in [0.5, 0.6) is 0 Å². The maximum Gasteiger partial charge on any atom is 0.317 e. The first kappa shape index (κ1) is 14.6. The number of nitrogens with one attached hydrogen (secondary N) is 2. The number of urea groups is 1. The summed E-state index contributed by atoms with van der Waals surface area (Å²) in [5.74, 6) is -0.673. The molecular weight excluding hydrogens is 262 g/mol. The lowest BCUT2D eigenvalue weighted by Gasteiger charge is -2.22. The minimum Gasteiger partial charge on any atom is -0.481 e. The lowest BCUT2D eigenvalue weighted by molar-refractivity contribution is -0.137. The minimum atomic E-state index is -0.903. The lowest BCUT2D eigenvalue weighted by atomic mass is 10.4. The van der Waals surface area contributed by atoms with Crippen molar-refractivity contribution in [1.29, 1.82) is 0 Å². The molecule has 2 saturated carbocycles. The summed E-state index contributed by atoms with van der Waals surface area (Å²) in [7, 11) is 0. The van der Waals surface area contributed by atoms with E-state index in [1.807, 2.05) is 0 Å². The molecule has 0 spiro atoms. The molecule has 0 aromatic carbocycles. The summed E-state index contributed by atoms with van der Waals surface area (Å²) in [5.41, 5.74) is 0. The third kappa shape index (κ3) is 4.71. The molecule has 2 rings (SSSR count). The summed E-state index contributed by atoms with van der Waals surface area (Å²) in [5, 5.41) is 14.2. The molecule has 2 fully saturated rings. The number of carboxylic acids is 1. The zero-order valence-electron chi connectivity index (χ0n) is 11.4. The summed E-state index contributed by atoms with van der Waals surface area (Å²) in [6.07, 6.45) is 3.75. The van der Waals surface area contributed by atoms with E-state index in [0.717, 1.165) is 25.7 Å². The topological polar surface area (TPSA) is 98.7 Å². The molecule has 0 radical (unpaired) electrons. The Labute approximate surface area is 117 Å². The SMILES string of the molecule is O=C(O)CCN(C(=O)NCCNC(=O)C1CC1)C1CC1. The van der Waals surface area contributed by atoms with Crippen molar-refractivity contribution in [2.75, 3.05) is 19.6 Å². The minimum absolute atomic E-state index is 0.0393. The smallest absolute Gasteiger partial charge is 0.317 e. The van der Waals surface area contributed by atoms with Gasteiger partial charge in [0.15, 0.2) is 0 Å². The zero-order valence-corrected chi connectivity index (χ0v) is 11.4. The fraction of sp³-hybridized carbons (Fsp3) is 0.769. The van der Waals surface area contributed by atoms with Crippen LogP contribution < -0.4 is 10.6 Å². The van der Waals surface area contributed by atoms with Crippen LogP contribution in [0, 0.1) is 5.92 Å². The Hall–Kier alpha value is -1.79. The standard InChI is InChI=1S/C13H21N3O4/c17-11(18)5-8-16(10-3-4-10)13(20)15-7-6-14-12(19)9-1-2-9/h9-10H,1-8H2,(H,14,19)(H,15,20)(H,17,18). The van der Waals surface area contributed by atoms with Crippen molar-refractivity contribution in [2.45, 2.75) is 38.1 Å². The molecule has 2 aliphatic rings. The lowest BCUT2D eigenvalue weighted by Crippen LogP contribution is -2.45. The maximum absolute atomic E-state index is 11.9. The van der Waals surface area contributed by atoms with Crippen LogP contribution in [0.4, 0.5) is 4.79 Å². The molecule has 0 aromatic heterocycles. The molecule has 2 aliphatic carbocycles. The van der Waals surface area contributed by atoms with E-state index in [1.54, 1.807) is 4.90 Å². The van der Waals surface area contributed by atoms with Crippen LogP contribution in [0.2, 0.25) is 0 Å². The van der Waals surface area contributed by atoms with Crippen molar-refractivity contribution in [3.8, 4) is 0 Å². The average Bonchev–Trinajstić information content (AvgIpc) is 3.27. The van der Waals surface area contributed by atoms with Gasteiger partial charge in [0.2, 0.25) is 5.91 Å². The van der Waals surface area contributed by atoms with Crippen LogP contribution >= 0.6 is 0 Å². The fourth-order valence-electron chi connectivity index (χ4n) is 2.00. The number of amides is 3. The Bertz CT molecular complexity index is 391. The number of hydrogen-bond donors (Lipinski definition) is 3. The molecule has 0 unspecified atom stereocenters. The van der Waals surface area contributed by atoms with Gasteiger partial charge in [-0.05, 0) is 25.7 Å². The largest absolute Gasteiger partial charge is 0.481 e. The predicted molar refractivity (Wildman–Crippen MR) is 71.1 cm³/mol. The molecule has 0 saturated heterocycles. The number of rotatable bonds is 8. The Balaban J connectivity index is 1.63. The molecule has 0 aromatic rings. The third-order valence-corrected chi connectivity index (χ3v) is 3.46. The van der Waals surface area contributed by atoms with Gasteiger partial charge >= 0.3 is 12.0 Å². The van der Waals surface area contributed by atoms with Gasteiger partial charge in [-0.15, -0.1) is 0 Å². The van der Waals surface area contributed by atoms with Gasteiger partial charge in [-0.25, -0.2) is 4.79 Å². The molecule has 112 valence electrons. The molecule has 3 N–H and O–H groups in total. The number of carbonyl (C=O) groups is 3. The fourth-order valence-corrected chi connectivity index (χ4v) is 2.00. The van der Waals surface area contributed by atoms with Gasteiger partial charge < -0.3 is 20.6 Å². The van der Waals surface area contributed by atoms with Crippen molar-refractivity contribution < 1.29 is 19.5 Å². The van der Waals surface area contributed by atoms with Crippen LogP contribution in [-0.4, -0.2) is 53.6 Å². The monoisotopic (exact) mass is 283 g/mol. The van der Waals surface area contributed by atoms with Gasteiger partial charge in [-0.2, -0.15) is 0 Å². The number of nitrogens with zero attached hydrogens (tertiary/aromatic N) is 1. The van der Waals surface area contributed by atoms with Crippen LogP contribution in [0.25, 0.3) is 0 Å². The van der Waals surface area contributed by atoms with Gasteiger partial charge in [0.1, 0.15) is 0 Å². The Morgan fingerprint density at radius 3 is 2.25 bits per heavy atom. The molecule has 0 heterocycles. The highest BCUT2D eigenvalue weighted by Crippen LogP contribution is 2.28. The number of carboxylic acid groups (broad SMARTS) is 1. The van der Waals surface area contributed by atoms with E-state index in [4.69, 9.17) is 5.11 Å². The molecule has 0 aliphatic heterocycles.